The number of urea groups is 1. The fourth-order valence-corrected chi connectivity index (χ4v) is 3.68. The Balaban J connectivity index is 1.93. The number of benzene rings is 3. The van der Waals surface area contributed by atoms with Crippen molar-refractivity contribution in [1.29, 1.82) is 0 Å². The van der Waals surface area contributed by atoms with E-state index in [0.29, 0.717) is 13.1 Å². The predicted octanol–water partition coefficient (Wildman–Crippen LogP) is 7.39. The maximum absolute atomic E-state index is 13.8. The molecule has 0 aliphatic rings. The van der Waals surface area contributed by atoms with Gasteiger partial charge in [0.25, 0.3) is 0 Å². The number of carbonyl (C=O) groups is 1. The average molecular weight is 435 g/mol. The Morgan fingerprint density at radius 2 is 1.58 bits per heavy atom. The molecule has 0 aliphatic heterocycles. The summed E-state index contributed by atoms with van der Waals surface area (Å²) in [5, 5.41) is 0.723. The minimum atomic E-state index is 0.0119. The molecule has 0 N–H and O–H groups in total. The van der Waals surface area contributed by atoms with Gasteiger partial charge in [0.1, 0.15) is 0 Å². The van der Waals surface area contributed by atoms with Crippen molar-refractivity contribution >= 4 is 23.3 Å². The van der Waals surface area contributed by atoms with Gasteiger partial charge in [-0.3, -0.25) is 4.90 Å². The minimum absolute atomic E-state index is 0.0119. The van der Waals surface area contributed by atoms with Crippen LogP contribution in [0.3, 0.4) is 0 Å². The second-order valence-corrected chi connectivity index (χ2v) is 8.46. The molecule has 0 unspecified atom stereocenters. The second-order valence-electron chi connectivity index (χ2n) is 8.05. The van der Waals surface area contributed by atoms with Crippen LogP contribution >= 0.6 is 11.6 Å². The summed E-state index contributed by atoms with van der Waals surface area (Å²) in [7, 11) is 0. The number of nitrogens with zero attached hydrogens (tertiary/aromatic N) is 2. The van der Waals surface area contributed by atoms with Crippen molar-refractivity contribution < 1.29 is 4.79 Å². The Morgan fingerprint density at radius 3 is 2.23 bits per heavy atom. The Labute approximate surface area is 191 Å². The third kappa shape index (κ3) is 6.35. The molecule has 4 heteroatoms. The molecule has 3 nitrogen and oxygen atoms in total. The predicted molar refractivity (Wildman–Crippen MR) is 131 cm³/mol. The van der Waals surface area contributed by atoms with Crippen LogP contribution in [0.4, 0.5) is 10.5 Å². The lowest BCUT2D eigenvalue weighted by molar-refractivity contribution is 0.200. The summed E-state index contributed by atoms with van der Waals surface area (Å²) in [6.45, 7) is 7.98. The topological polar surface area (TPSA) is 23.6 Å². The molecule has 3 rings (SSSR count). The van der Waals surface area contributed by atoms with Gasteiger partial charge < -0.3 is 4.90 Å². The van der Waals surface area contributed by atoms with Crippen LogP contribution in [0.2, 0.25) is 5.02 Å². The molecule has 3 aromatic carbocycles. The van der Waals surface area contributed by atoms with Gasteiger partial charge in [-0.05, 0) is 55.2 Å². The second kappa shape index (κ2) is 11.0. The van der Waals surface area contributed by atoms with Crippen LogP contribution in [0.15, 0.2) is 72.8 Å². The minimum Gasteiger partial charge on any atom is -0.320 e. The fourth-order valence-electron chi connectivity index (χ4n) is 3.48. The highest BCUT2D eigenvalue weighted by Crippen LogP contribution is 2.24. The van der Waals surface area contributed by atoms with Gasteiger partial charge in [0.15, 0.2) is 0 Å². The molecule has 162 valence electrons. The van der Waals surface area contributed by atoms with Crippen molar-refractivity contribution in [3.05, 3.63) is 100 Å². The Kier molecular flexibility index (Phi) is 8.13. The summed E-state index contributed by atoms with van der Waals surface area (Å²) in [5.41, 5.74) is 5.24. The highest BCUT2D eigenvalue weighted by atomic mass is 35.5. The first-order valence-electron chi connectivity index (χ1n) is 10.9. The molecule has 0 atom stereocenters. The van der Waals surface area contributed by atoms with Gasteiger partial charge in [0, 0.05) is 23.8 Å². The molecule has 0 fully saturated rings. The van der Waals surface area contributed by atoms with Gasteiger partial charge in [-0.2, -0.15) is 0 Å². The molecule has 3 aromatic rings. The van der Waals surface area contributed by atoms with Gasteiger partial charge in [0.05, 0.1) is 6.54 Å². The maximum Gasteiger partial charge on any atom is 0.325 e. The van der Waals surface area contributed by atoms with Crippen LogP contribution in [0.5, 0.6) is 0 Å². The smallest absolute Gasteiger partial charge is 0.320 e. The first-order valence-corrected chi connectivity index (χ1v) is 11.3. The zero-order chi connectivity index (χ0) is 22.2. The van der Waals surface area contributed by atoms with Crippen LogP contribution in [0.1, 0.15) is 42.0 Å². The largest absolute Gasteiger partial charge is 0.325 e. The van der Waals surface area contributed by atoms with Crippen LogP contribution in [-0.2, 0) is 13.1 Å². The van der Waals surface area contributed by atoms with Crippen LogP contribution in [0, 0.1) is 13.8 Å². The molecule has 0 saturated carbocycles. The molecule has 0 bridgehead atoms. The summed E-state index contributed by atoms with van der Waals surface area (Å²) in [6.07, 6.45) is 2.01. The fraction of sp³-hybridized carbons (Fsp3) is 0.296. The maximum atomic E-state index is 13.8. The summed E-state index contributed by atoms with van der Waals surface area (Å²) >= 11 is 6.37. The van der Waals surface area contributed by atoms with Crippen molar-refractivity contribution in [3.63, 3.8) is 0 Å². The van der Waals surface area contributed by atoms with E-state index in [0.717, 1.165) is 46.8 Å². The molecule has 0 heterocycles. The normalized spacial score (nSPS) is 10.7. The van der Waals surface area contributed by atoms with E-state index in [4.69, 9.17) is 11.6 Å². The monoisotopic (exact) mass is 434 g/mol. The van der Waals surface area contributed by atoms with Crippen molar-refractivity contribution in [2.75, 3.05) is 11.4 Å². The average Bonchev–Trinajstić information content (AvgIpc) is 2.78. The van der Waals surface area contributed by atoms with Crippen molar-refractivity contribution in [2.45, 2.75) is 46.7 Å². The number of carbonyl (C=O) groups excluding carboxylic acids is 1. The number of rotatable bonds is 8. The highest BCUT2D eigenvalue weighted by molar-refractivity contribution is 6.31. The standard InChI is InChI=1S/C27H31ClN2O/c1-4-5-17-29(19-23-9-7-6-8-10-23)27(31)30(25-15-11-21(2)12-16-25)20-24-14-13-22(3)26(28)18-24/h6-16,18H,4-5,17,19-20H2,1-3H3. The summed E-state index contributed by atoms with van der Waals surface area (Å²) in [4.78, 5) is 17.6. The van der Waals surface area contributed by atoms with E-state index in [1.54, 1.807) is 0 Å². The quantitative estimate of drug-likeness (QED) is 0.362. The third-order valence-electron chi connectivity index (χ3n) is 5.42. The van der Waals surface area contributed by atoms with Gasteiger partial charge in [0.2, 0.25) is 0 Å². The summed E-state index contributed by atoms with van der Waals surface area (Å²) < 4.78 is 0. The Morgan fingerprint density at radius 1 is 0.871 bits per heavy atom. The van der Waals surface area contributed by atoms with Gasteiger partial charge in [-0.25, -0.2) is 4.79 Å². The summed E-state index contributed by atoms with van der Waals surface area (Å²) in [6, 6.07) is 24.3. The molecule has 0 saturated heterocycles. The molecule has 2 amide bonds. The first-order chi connectivity index (χ1) is 15.0. The van der Waals surface area contributed by atoms with E-state index < -0.39 is 0 Å². The lowest BCUT2D eigenvalue weighted by Gasteiger charge is -2.31. The first kappa shape index (κ1) is 22.9. The highest BCUT2D eigenvalue weighted by Gasteiger charge is 2.23. The Bertz CT molecular complexity index is 986. The van der Waals surface area contributed by atoms with Crippen LogP contribution in [0.25, 0.3) is 0 Å². The third-order valence-corrected chi connectivity index (χ3v) is 5.83. The van der Waals surface area contributed by atoms with Crippen molar-refractivity contribution in [3.8, 4) is 0 Å². The van der Waals surface area contributed by atoms with Crippen molar-refractivity contribution in [2.24, 2.45) is 0 Å². The van der Waals surface area contributed by atoms with E-state index in [-0.39, 0.29) is 6.03 Å². The zero-order valence-corrected chi connectivity index (χ0v) is 19.4. The zero-order valence-electron chi connectivity index (χ0n) is 18.6. The van der Waals surface area contributed by atoms with Gasteiger partial charge in [-0.1, -0.05) is 85.1 Å². The molecular weight excluding hydrogens is 404 g/mol. The number of hydrogen-bond donors (Lipinski definition) is 0. The SMILES string of the molecule is CCCCN(Cc1ccccc1)C(=O)N(Cc1ccc(C)c(Cl)c1)c1ccc(C)cc1. The molecule has 0 radical (unpaired) electrons. The molecule has 0 aliphatic carbocycles. The number of anilines is 1. The molecule has 0 spiro atoms. The molecular formula is C27H31ClN2O. The van der Waals surface area contributed by atoms with E-state index in [1.807, 2.05) is 77.4 Å². The lowest BCUT2D eigenvalue weighted by atomic mass is 10.1. The lowest BCUT2D eigenvalue weighted by Crippen LogP contribution is -2.43. The summed E-state index contributed by atoms with van der Waals surface area (Å²) in [5.74, 6) is 0. The van der Waals surface area contributed by atoms with Crippen molar-refractivity contribution in [1.82, 2.24) is 4.90 Å². The van der Waals surface area contributed by atoms with Crippen LogP contribution in [-0.4, -0.2) is 17.5 Å². The number of hydrogen-bond acceptors (Lipinski definition) is 1. The van der Waals surface area contributed by atoms with E-state index in [2.05, 4.69) is 26.0 Å². The number of unbranched alkanes of at least 4 members (excludes halogenated alkanes) is 1. The molecule has 31 heavy (non-hydrogen) atoms. The van der Waals surface area contributed by atoms with Crippen LogP contribution < -0.4 is 4.90 Å². The van der Waals surface area contributed by atoms with Gasteiger partial charge in [-0.15, -0.1) is 0 Å². The van der Waals surface area contributed by atoms with E-state index >= 15 is 0 Å². The Hall–Kier alpha value is -2.78. The number of amides is 2. The molecule has 0 aromatic heterocycles. The van der Waals surface area contributed by atoms with Gasteiger partial charge >= 0.3 is 6.03 Å². The van der Waals surface area contributed by atoms with E-state index in [1.165, 1.54) is 5.56 Å². The number of aryl methyl sites for hydroxylation is 2. The number of halogens is 1. The van der Waals surface area contributed by atoms with E-state index in [9.17, 15) is 4.79 Å².